The third kappa shape index (κ3) is 3.51. The van der Waals surface area contributed by atoms with Gasteiger partial charge in [-0.1, -0.05) is 13.3 Å². The van der Waals surface area contributed by atoms with Crippen LogP contribution in [0.25, 0.3) is 0 Å². The van der Waals surface area contributed by atoms with Crippen LogP contribution >= 0.6 is 11.3 Å². The molecule has 0 unspecified atom stereocenters. The second-order valence-corrected chi connectivity index (χ2v) is 3.89. The SMILES string of the molecule is CCCCNc1scnc1C(=O)OCC. The number of carbonyl (C=O) groups is 1. The van der Waals surface area contributed by atoms with Crippen LogP contribution in [0.3, 0.4) is 0 Å². The van der Waals surface area contributed by atoms with Crippen LogP contribution in [0.1, 0.15) is 37.2 Å². The lowest BCUT2D eigenvalue weighted by atomic mass is 10.3. The van der Waals surface area contributed by atoms with Crippen LogP contribution < -0.4 is 5.32 Å². The minimum absolute atomic E-state index is 0.349. The molecular formula is C10H16N2O2S. The smallest absolute Gasteiger partial charge is 0.360 e. The van der Waals surface area contributed by atoms with Crippen molar-refractivity contribution in [2.45, 2.75) is 26.7 Å². The zero-order valence-electron chi connectivity index (χ0n) is 9.08. The van der Waals surface area contributed by atoms with E-state index in [9.17, 15) is 4.79 Å². The number of anilines is 1. The Morgan fingerprint density at radius 2 is 2.40 bits per heavy atom. The Labute approximate surface area is 93.7 Å². The third-order valence-electron chi connectivity index (χ3n) is 1.85. The van der Waals surface area contributed by atoms with E-state index in [1.165, 1.54) is 11.3 Å². The second kappa shape index (κ2) is 6.40. The van der Waals surface area contributed by atoms with E-state index in [0.29, 0.717) is 12.3 Å². The quantitative estimate of drug-likeness (QED) is 0.600. The van der Waals surface area contributed by atoms with Crippen molar-refractivity contribution < 1.29 is 9.53 Å². The Hall–Kier alpha value is -1.10. The molecule has 0 saturated heterocycles. The van der Waals surface area contributed by atoms with E-state index < -0.39 is 0 Å². The van der Waals surface area contributed by atoms with Gasteiger partial charge in [0.2, 0.25) is 0 Å². The normalized spacial score (nSPS) is 10.0. The molecule has 0 atom stereocenters. The highest BCUT2D eigenvalue weighted by molar-refractivity contribution is 7.14. The van der Waals surface area contributed by atoms with Gasteiger partial charge in [-0.3, -0.25) is 0 Å². The molecule has 0 aromatic carbocycles. The summed E-state index contributed by atoms with van der Waals surface area (Å²) in [4.78, 5) is 15.4. The summed E-state index contributed by atoms with van der Waals surface area (Å²) in [6, 6.07) is 0. The van der Waals surface area contributed by atoms with Crippen molar-refractivity contribution >= 4 is 22.3 Å². The molecule has 0 saturated carbocycles. The van der Waals surface area contributed by atoms with Gasteiger partial charge in [0.25, 0.3) is 0 Å². The van der Waals surface area contributed by atoms with Gasteiger partial charge in [-0.15, -0.1) is 11.3 Å². The summed E-state index contributed by atoms with van der Waals surface area (Å²) in [6.45, 7) is 5.16. The maximum Gasteiger partial charge on any atom is 0.360 e. The minimum atomic E-state index is -0.349. The minimum Gasteiger partial charge on any atom is -0.461 e. The van der Waals surface area contributed by atoms with E-state index in [0.717, 1.165) is 24.4 Å². The van der Waals surface area contributed by atoms with Gasteiger partial charge >= 0.3 is 5.97 Å². The summed E-state index contributed by atoms with van der Waals surface area (Å²) in [6.07, 6.45) is 2.21. The van der Waals surface area contributed by atoms with Gasteiger partial charge in [-0.05, 0) is 13.3 Å². The molecule has 15 heavy (non-hydrogen) atoms. The lowest BCUT2D eigenvalue weighted by Crippen LogP contribution is -2.09. The molecule has 1 N–H and O–H groups in total. The average Bonchev–Trinajstić information content (AvgIpc) is 2.67. The summed E-state index contributed by atoms with van der Waals surface area (Å²) in [5, 5.41) is 4.00. The Bertz CT molecular complexity index is 312. The molecule has 84 valence electrons. The maximum absolute atomic E-state index is 11.4. The van der Waals surface area contributed by atoms with Crippen molar-refractivity contribution in [3.63, 3.8) is 0 Å². The number of hydrogen-bond donors (Lipinski definition) is 1. The number of nitrogens with one attached hydrogen (secondary N) is 1. The lowest BCUT2D eigenvalue weighted by molar-refractivity contribution is 0.0521. The highest BCUT2D eigenvalue weighted by atomic mass is 32.1. The molecule has 5 heteroatoms. The zero-order chi connectivity index (χ0) is 11.1. The molecule has 1 heterocycles. The number of hydrogen-bond acceptors (Lipinski definition) is 5. The molecule has 0 bridgehead atoms. The fraction of sp³-hybridized carbons (Fsp3) is 0.600. The first-order chi connectivity index (χ1) is 7.29. The summed E-state index contributed by atoms with van der Waals surface area (Å²) in [5.41, 5.74) is 2.05. The number of nitrogens with zero attached hydrogens (tertiary/aromatic N) is 1. The Morgan fingerprint density at radius 1 is 1.60 bits per heavy atom. The molecule has 0 amide bonds. The topological polar surface area (TPSA) is 51.2 Å². The molecule has 1 aromatic heterocycles. The van der Waals surface area contributed by atoms with Crippen molar-refractivity contribution in [1.29, 1.82) is 0 Å². The van der Waals surface area contributed by atoms with Crippen LogP contribution in [-0.2, 0) is 4.74 Å². The average molecular weight is 228 g/mol. The first-order valence-corrected chi connectivity index (χ1v) is 6.02. The number of ether oxygens (including phenoxy) is 1. The highest BCUT2D eigenvalue weighted by Gasteiger charge is 2.15. The monoisotopic (exact) mass is 228 g/mol. The van der Waals surface area contributed by atoms with Crippen molar-refractivity contribution in [3.8, 4) is 0 Å². The molecule has 0 aliphatic heterocycles. The lowest BCUT2D eigenvalue weighted by Gasteiger charge is -2.04. The van der Waals surface area contributed by atoms with Gasteiger partial charge in [-0.2, -0.15) is 0 Å². The molecule has 1 rings (SSSR count). The number of thiazole rings is 1. The van der Waals surface area contributed by atoms with Gasteiger partial charge in [-0.25, -0.2) is 9.78 Å². The van der Waals surface area contributed by atoms with Crippen LogP contribution in [0.4, 0.5) is 5.00 Å². The highest BCUT2D eigenvalue weighted by Crippen LogP contribution is 2.20. The molecule has 0 aliphatic rings. The van der Waals surface area contributed by atoms with Crippen molar-refractivity contribution in [2.24, 2.45) is 0 Å². The van der Waals surface area contributed by atoms with Crippen molar-refractivity contribution in [1.82, 2.24) is 4.98 Å². The fourth-order valence-corrected chi connectivity index (χ4v) is 1.79. The van der Waals surface area contributed by atoms with Crippen LogP contribution in [0.5, 0.6) is 0 Å². The first kappa shape index (κ1) is 12.0. The van der Waals surface area contributed by atoms with E-state index in [1.54, 1.807) is 12.4 Å². The van der Waals surface area contributed by atoms with Gasteiger partial charge < -0.3 is 10.1 Å². The third-order valence-corrected chi connectivity index (χ3v) is 2.64. The van der Waals surface area contributed by atoms with E-state index in [2.05, 4.69) is 17.2 Å². The summed E-state index contributed by atoms with van der Waals surface area (Å²) >= 11 is 1.43. The molecular weight excluding hydrogens is 212 g/mol. The van der Waals surface area contributed by atoms with Gasteiger partial charge in [0.15, 0.2) is 5.69 Å². The second-order valence-electron chi connectivity index (χ2n) is 3.03. The van der Waals surface area contributed by atoms with Crippen LogP contribution in [0, 0.1) is 0 Å². The Morgan fingerprint density at radius 3 is 3.07 bits per heavy atom. The van der Waals surface area contributed by atoms with Gasteiger partial charge in [0.05, 0.1) is 12.1 Å². The summed E-state index contributed by atoms with van der Waals surface area (Å²) < 4.78 is 4.90. The zero-order valence-corrected chi connectivity index (χ0v) is 9.89. The van der Waals surface area contributed by atoms with E-state index in [4.69, 9.17) is 4.74 Å². The fourth-order valence-electron chi connectivity index (χ4n) is 1.10. The van der Waals surface area contributed by atoms with E-state index >= 15 is 0 Å². The molecule has 0 spiro atoms. The first-order valence-electron chi connectivity index (χ1n) is 5.14. The van der Waals surface area contributed by atoms with Gasteiger partial charge in [0, 0.05) is 6.54 Å². The van der Waals surface area contributed by atoms with Crippen LogP contribution in [0.15, 0.2) is 5.51 Å². The largest absolute Gasteiger partial charge is 0.461 e. The number of rotatable bonds is 6. The van der Waals surface area contributed by atoms with Crippen LogP contribution in [-0.4, -0.2) is 24.1 Å². The van der Waals surface area contributed by atoms with E-state index in [1.807, 2.05) is 0 Å². The standard InChI is InChI=1S/C10H16N2O2S/c1-3-5-6-11-9-8(12-7-15-9)10(13)14-4-2/h7,11H,3-6H2,1-2H3. The summed E-state index contributed by atoms with van der Waals surface area (Å²) in [7, 11) is 0. The number of carbonyl (C=O) groups excluding carboxylic acids is 1. The Balaban J connectivity index is 2.56. The molecule has 0 radical (unpaired) electrons. The predicted octanol–water partition coefficient (Wildman–Crippen LogP) is 2.53. The molecule has 0 aliphatic carbocycles. The molecule has 1 aromatic rings. The van der Waals surface area contributed by atoms with Crippen molar-refractivity contribution in [2.75, 3.05) is 18.5 Å². The number of unbranched alkanes of at least 4 members (excludes halogenated alkanes) is 1. The Kier molecular flexibility index (Phi) is 5.10. The van der Waals surface area contributed by atoms with Gasteiger partial charge in [0.1, 0.15) is 5.00 Å². The predicted molar refractivity (Wildman–Crippen MR) is 61.5 cm³/mol. The number of esters is 1. The van der Waals surface area contributed by atoms with Crippen LogP contribution in [0.2, 0.25) is 0 Å². The maximum atomic E-state index is 11.4. The molecule has 0 fully saturated rings. The molecule has 4 nitrogen and oxygen atoms in total. The summed E-state index contributed by atoms with van der Waals surface area (Å²) in [5.74, 6) is -0.349. The number of aromatic nitrogens is 1. The van der Waals surface area contributed by atoms with E-state index in [-0.39, 0.29) is 5.97 Å². The van der Waals surface area contributed by atoms with Crippen molar-refractivity contribution in [3.05, 3.63) is 11.2 Å².